The van der Waals surface area contributed by atoms with Gasteiger partial charge in [0, 0.05) is 39.0 Å². The summed E-state index contributed by atoms with van der Waals surface area (Å²) in [4.78, 5) is 33.5. The Hall–Kier alpha value is -2.37. The minimum absolute atomic E-state index is 0.110. The van der Waals surface area contributed by atoms with E-state index in [4.69, 9.17) is 4.42 Å². The smallest absolute Gasteiger partial charge is 0.227 e. The van der Waals surface area contributed by atoms with Gasteiger partial charge in [0.05, 0.1) is 6.42 Å². The molecule has 2 amide bonds. The van der Waals surface area contributed by atoms with E-state index in [1.807, 2.05) is 34.9 Å². The van der Waals surface area contributed by atoms with Crippen LogP contribution in [0.1, 0.15) is 43.6 Å². The fourth-order valence-electron chi connectivity index (χ4n) is 4.27. The Morgan fingerprint density at radius 1 is 1.07 bits per heavy atom. The Labute approximate surface area is 159 Å². The van der Waals surface area contributed by atoms with E-state index in [0.717, 1.165) is 29.5 Å². The summed E-state index contributed by atoms with van der Waals surface area (Å²) >= 11 is 0. The summed E-state index contributed by atoms with van der Waals surface area (Å²) in [6.45, 7) is 4.38. The van der Waals surface area contributed by atoms with Gasteiger partial charge in [0.15, 0.2) is 11.5 Å². The Kier molecular flexibility index (Phi) is 5.14. The molecule has 0 unspecified atom stereocenters. The molecule has 2 fully saturated rings. The average Bonchev–Trinajstić information content (AvgIpc) is 3.07. The van der Waals surface area contributed by atoms with E-state index in [2.05, 4.69) is 4.98 Å². The number of piperazine rings is 1. The van der Waals surface area contributed by atoms with Gasteiger partial charge in [-0.25, -0.2) is 4.98 Å². The summed E-state index contributed by atoms with van der Waals surface area (Å²) in [5.74, 6) is 1.25. The molecule has 0 radical (unpaired) electrons. The number of aromatic nitrogens is 1. The van der Waals surface area contributed by atoms with Crippen molar-refractivity contribution in [2.24, 2.45) is 5.92 Å². The molecule has 1 saturated carbocycles. The van der Waals surface area contributed by atoms with Gasteiger partial charge in [0.1, 0.15) is 5.52 Å². The van der Waals surface area contributed by atoms with E-state index in [1.165, 1.54) is 19.3 Å². The van der Waals surface area contributed by atoms with Crippen molar-refractivity contribution in [3.8, 4) is 0 Å². The minimum Gasteiger partial charge on any atom is -0.441 e. The number of amides is 2. The number of oxazole rings is 1. The zero-order valence-corrected chi connectivity index (χ0v) is 15.9. The number of carbonyl (C=O) groups is 2. The average molecular weight is 369 g/mol. The summed E-state index contributed by atoms with van der Waals surface area (Å²) in [6, 6.07) is 5.72. The maximum atomic E-state index is 12.7. The van der Waals surface area contributed by atoms with Gasteiger partial charge < -0.3 is 14.2 Å². The second-order valence-corrected chi connectivity index (χ2v) is 7.75. The van der Waals surface area contributed by atoms with Gasteiger partial charge in [-0.3, -0.25) is 9.59 Å². The Morgan fingerprint density at radius 2 is 1.78 bits per heavy atom. The van der Waals surface area contributed by atoms with Crippen LogP contribution in [0.4, 0.5) is 0 Å². The van der Waals surface area contributed by atoms with Crippen molar-refractivity contribution < 1.29 is 14.0 Å². The SMILES string of the molecule is Cc1nc2cc(CC(=O)N3CCN(C(=O)C4CCCCC4)CC3)ccc2o1. The second-order valence-electron chi connectivity index (χ2n) is 7.75. The number of hydrogen-bond acceptors (Lipinski definition) is 4. The van der Waals surface area contributed by atoms with Crippen molar-refractivity contribution in [3.05, 3.63) is 29.7 Å². The lowest BCUT2D eigenvalue weighted by Gasteiger charge is -2.37. The zero-order chi connectivity index (χ0) is 18.8. The Balaban J connectivity index is 1.31. The molecule has 6 heteroatoms. The third-order valence-electron chi connectivity index (χ3n) is 5.81. The van der Waals surface area contributed by atoms with Crippen LogP contribution in [0.15, 0.2) is 22.6 Å². The van der Waals surface area contributed by atoms with Crippen LogP contribution in [0.3, 0.4) is 0 Å². The molecular formula is C21H27N3O3. The van der Waals surface area contributed by atoms with E-state index >= 15 is 0 Å². The van der Waals surface area contributed by atoms with E-state index in [1.54, 1.807) is 0 Å². The van der Waals surface area contributed by atoms with Gasteiger partial charge >= 0.3 is 0 Å². The number of rotatable bonds is 3. The molecule has 1 aliphatic carbocycles. The maximum absolute atomic E-state index is 12.7. The standard InChI is InChI=1S/C21H27N3O3/c1-15-22-18-13-16(7-8-19(18)27-15)14-20(25)23-9-11-24(12-10-23)21(26)17-5-3-2-4-6-17/h7-8,13,17H,2-6,9-12,14H2,1H3. The molecular weight excluding hydrogens is 342 g/mol. The van der Waals surface area contributed by atoms with Gasteiger partial charge in [-0.1, -0.05) is 25.3 Å². The summed E-state index contributed by atoms with van der Waals surface area (Å²) < 4.78 is 5.48. The predicted molar refractivity (Wildman–Crippen MR) is 102 cm³/mol. The largest absolute Gasteiger partial charge is 0.441 e. The lowest BCUT2D eigenvalue weighted by Crippen LogP contribution is -2.52. The summed E-state index contributed by atoms with van der Waals surface area (Å²) in [5.41, 5.74) is 2.49. The van der Waals surface area contributed by atoms with Crippen LogP contribution in [0.25, 0.3) is 11.1 Å². The molecule has 0 spiro atoms. The molecule has 27 heavy (non-hydrogen) atoms. The number of aryl methyl sites for hydroxylation is 1. The molecule has 144 valence electrons. The fourth-order valence-corrected chi connectivity index (χ4v) is 4.27. The first-order valence-electron chi connectivity index (χ1n) is 10.0. The lowest BCUT2D eigenvalue weighted by atomic mass is 9.88. The molecule has 2 aliphatic rings. The van der Waals surface area contributed by atoms with Crippen LogP contribution in [-0.4, -0.2) is 52.8 Å². The normalized spacial score (nSPS) is 18.9. The molecule has 1 aromatic heterocycles. The number of carbonyl (C=O) groups excluding carboxylic acids is 2. The summed E-state index contributed by atoms with van der Waals surface area (Å²) in [7, 11) is 0. The van der Waals surface area contributed by atoms with Crippen molar-refractivity contribution in [1.29, 1.82) is 0 Å². The van der Waals surface area contributed by atoms with Gasteiger partial charge in [0.25, 0.3) is 0 Å². The van der Waals surface area contributed by atoms with Crippen LogP contribution < -0.4 is 0 Å². The van der Waals surface area contributed by atoms with Crippen LogP contribution >= 0.6 is 0 Å². The quantitative estimate of drug-likeness (QED) is 0.834. The molecule has 2 aromatic rings. The zero-order valence-electron chi connectivity index (χ0n) is 15.9. The molecule has 2 heterocycles. The van der Waals surface area contributed by atoms with E-state index in [9.17, 15) is 9.59 Å². The highest BCUT2D eigenvalue weighted by Gasteiger charge is 2.29. The lowest BCUT2D eigenvalue weighted by molar-refractivity contribution is -0.142. The molecule has 0 atom stereocenters. The van der Waals surface area contributed by atoms with Crippen LogP contribution in [0.2, 0.25) is 0 Å². The highest BCUT2D eigenvalue weighted by Crippen LogP contribution is 2.26. The van der Waals surface area contributed by atoms with Crippen molar-refractivity contribution in [1.82, 2.24) is 14.8 Å². The molecule has 1 aliphatic heterocycles. The molecule has 0 N–H and O–H groups in total. The molecule has 6 nitrogen and oxygen atoms in total. The third kappa shape index (κ3) is 3.99. The summed E-state index contributed by atoms with van der Waals surface area (Å²) in [6.07, 6.45) is 6.02. The van der Waals surface area contributed by atoms with E-state index < -0.39 is 0 Å². The van der Waals surface area contributed by atoms with Gasteiger partial charge in [0.2, 0.25) is 11.8 Å². The number of hydrogen-bond donors (Lipinski definition) is 0. The first-order chi connectivity index (χ1) is 13.1. The number of nitrogens with zero attached hydrogens (tertiary/aromatic N) is 3. The fraction of sp³-hybridized carbons (Fsp3) is 0.571. The molecule has 0 bridgehead atoms. The van der Waals surface area contributed by atoms with Crippen molar-refractivity contribution >= 4 is 22.9 Å². The molecule has 1 saturated heterocycles. The first-order valence-corrected chi connectivity index (χ1v) is 10.0. The minimum atomic E-state index is 0.110. The number of fused-ring (bicyclic) bond motifs is 1. The monoisotopic (exact) mass is 369 g/mol. The van der Waals surface area contributed by atoms with Crippen molar-refractivity contribution in [2.75, 3.05) is 26.2 Å². The number of benzene rings is 1. The van der Waals surface area contributed by atoms with Crippen LogP contribution in [-0.2, 0) is 16.0 Å². The van der Waals surface area contributed by atoms with Gasteiger partial charge in [-0.15, -0.1) is 0 Å². The Bertz CT molecular complexity index is 830. The van der Waals surface area contributed by atoms with Crippen LogP contribution in [0.5, 0.6) is 0 Å². The van der Waals surface area contributed by atoms with Crippen molar-refractivity contribution in [3.63, 3.8) is 0 Å². The van der Waals surface area contributed by atoms with Gasteiger partial charge in [-0.2, -0.15) is 0 Å². The predicted octanol–water partition coefficient (Wildman–Crippen LogP) is 2.93. The maximum Gasteiger partial charge on any atom is 0.227 e. The highest BCUT2D eigenvalue weighted by atomic mass is 16.3. The third-order valence-corrected chi connectivity index (χ3v) is 5.81. The summed E-state index contributed by atoms with van der Waals surface area (Å²) in [5, 5.41) is 0. The Morgan fingerprint density at radius 3 is 2.52 bits per heavy atom. The molecule has 1 aromatic carbocycles. The second kappa shape index (κ2) is 7.71. The van der Waals surface area contributed by atoms with Gasteiger partial charge in [-0.05, 0) is 30.5 Å². The van der Waals surface area contributed by atoms with E-state index in [0.29, 0.717) is 44.4 Å². The highest BCUT2D eigenvalue weighted by molar-refractivity contribution is 5.82. The van der Waals surface area contributed by atoms with E-state index in [-0.39, 0.29) is 11.8 Å². The topological polar surface area (TPSA) is 66.7 Å². The van der Waals surface area contributed by atoms with Crippen molar-refractivity contribution in [2.45, 2.75) is 45.4 Å². The van der Waals surface area contributed by atoms with Crippen LogP contribution in [0, 0.1) is 12.8 Å². The first kappa shape index (κ1) is 18.0. The molecule has 4 rings (SSSR count).